The molecule has 1 N–H and O–H groups in total. The van der Waals surface area contributed by atoms with Crippen molar-refractivity contribution in [2.75, 3.05) is 18.5 Å². The molecule has 1 aliphatic rings. The van der Waals surface area contributed by atoms with E-state index >= 15 is 0 Å². The highest BCUT2D eigenvalue weighted by Gasteiger charge is 2.15. The highest BCUT2D eigenvalue weighted by Crippen LogP contribution is 2.38. The van der Waals surface area contributed by atoms with Crippen molar-refractivity contribution in [2.45, 2.75) is 13.5 Å². The van der Waals surface area contributed by atoms with E-state index in [1.165, 1.54) is 6.08 Å². The maximum absolute atomic E-state index is 12.5. The maximum atomic E-state index is 12.5. The molecule has 0 spiro atoms. The molecule has 2 aromatic carbocycles. The molecule has 1 aromatic heterocycles. The summed E-state index contributed by atoms with van der Waals surface area (Å²) in [4.78, 5) is 16.9. The largest absolute Gasteiger partial charge is 0.487 e. The van der Waals surface area contributed by atoms with Gasteiger partial charge >= 0.3 is 0 Å². The van der Waals surface area contributed by atoms with E-state index in [1.54, 1.807) is 29.5 Å². The summed E-state index contributed by atoms with van der Waals surface area (Å²) >= 11 is 5.05. The Bertz CT molecular complexity index is 1100. The minimum absolute atomic E-state index is 0.266. The first-order valence-corrected chi connectivity index (χ1v) is 11.0. The fourth-order valence-electron chi connectivity index (χ4n) is 2.88. The van der Waals surface area contributed by atoms with Gasteiger partial charge in [-0.05, 0) is 35.0 Å². The van der Waals surface area contributed by atoms with Gasteiger partial charge in [-0.15, -0.1) is 11.3 Å². The van der Waals surface area contributed by atoms with Crippen molar-refractivity contribution >= 4 is 44.9 Å². The zero-order valence-electron chi connectivity index (χ0n) is 16.2. The van der Waals surface area contributed by atoms with E-state index in [-0.39, 0.29) is 5.91 Å². The van der Waals surface area contributed by atoms with Crippen LogP contribution in [0.3, 0.4) is 0 Å². The normalized spacial score (nSPS) is 12.7. The molecule has 1 aliphatic heterocycles. The Morgan fingerprint density at radius 3 is 2.80 bits per heavy atom. The van der Waals surface area contributed by atoms with Gasteiger partial charge in [0.15, 0.2) is 11.5 Å². The number of halogens is 1. The van der Waals surface area contributed by atoms with Gasteiger partial charge in [-0.1, -0.05) is 18.2 Å². The number of anilines is 1. The number of nitrogens with zero attached hydrogens (tertiary/aromatic N) is 1. The quantitative estimate of drug-likeness (QED) is 0.483. The number of hydrogen-bond donors (Lipinski definition) is 1. The van der Waals surface area contributed by atoms with Crippen molar-refractivity contribution in [3.63, 3.8) is 0 Å². The molecular weight excluding hydrogens is 468 g/mol. The Morgan fingerprint density at radius 1 is 1.27 bits per heavy atom. The van der Waals surface area contributed by atoms with E-state index < -0.39 is 0 Å². The number of amides is 1. The first-order chi connectivity index (χ1) is 14.6. The van der Waals surface area contributed by atoms with Crippen molar-refractivity contribution in [2.24, 2.45) is 0 Å². The monoisotopic (exact) mass is 486 g/mol. The summed E-state index contributed by atoms with van der Waals surface area (Å²) in [5.74, 6) is 1.69. The SMILES string of the molecule is Cc1nc(COc2ccccc2/C=C/C(=O)Nc2cc3c(cc2Br)OCCO3)cs1. The number of aryl methyl sites for hydroxylation is 1. The number of rotatable bonds is 6. The van der Waals surface area contributed by atoms with Crippen LogP contribution in [0.4, 0.5) is 5.69 Å². The van der Waals surface area contributed by atoms with Crippen LogP contribution in [0, 0.1) is 6.92 Å². The van der Waals surface area contributed by atoms with Crippen LogP contribution in [-0.4, -0.2) is 24.1 Å². The third kappa shape index (κ3) is 5.01. The first-order valence-electron chi connectivity index (χ1n) is 9.29. The van der Waals surface area contributed by atoms with Crippen LogP contribution in [-0.2, 0) is 11.4 Å². The van der Waals surface area contributed by atoms with E-state index in [0.717, 1.165) is 20.7 Å². The van der Waals surface area contributed by atoms with Crippen LogP contribution in [0.15, 0.2) is 52.3 Å². The Balaban J connectivity index is 1.43. The number of ether oxygens (including phenoxy) is 3. The van der Waals surface area contributed by atoms with Gasteiger partial charge in [-0.3, -0.25) is 4.79 Å². The van der Waals surface area contributed by atoms with E-state index in [2.05, 4.69) is 26.2 Å². The molecule has 0 atom stereocenters. The molecule has 8 heteroatoms. The van der Waals surface area contributed by atoms with Crippen molar-refractivity contribution in [1.82, 2.24) is 4.98 Å². The van der Waals surface area contributed by atoms with Gasteiger partial charge in [0.1, 0.15) is 25.6 Å². The average molecular weight is 487 g/mol. The van der Waals surface area contributed by atoms with Crippen LogP contribution in [0.1, 0.15) is 16.3 Å². The van der Waals surface area contributed by atoms with Crippen molar-refractivity contribution in [3.05, 3.63) is 68.6 Å². The van der Waals surface area contributed by atoms with Crippen molar-refractivity contribution < 1.29 is 19.0 Å². The third-order valence-corrected chi connectivity index (χ3v) is 5.74. The second-order valence-electron chi connectivity index (χ2n) is 6.48. The zero-order valence-corrected chi connectivity index (χ0v) is 18.6. The number of carbonyl (C=O) groups is 1. The number of fused-ring (bicyclic) bond motifs is 1. The standard InChI is InChI=1S/C22H19BrN2O4S/c1-14-24-16(13-30-14)12-29-19-5-3-2-4-15(19)6-7-22(26)25-18-11-21-20(10-17(18)23)27-8-9-28-21/h2-7,10-11,13H,8-9,12H2,1H3,(H,25,26)/b7-6+. The number of para-hydroxylation sites is 1. The average Bonchev–Trinajstić information content (AvgIpc) is 3.17. The van der Waals surface area contributed by atoms with Gasteiger partial charge in [-0.25, -0.2) is 4.98 Å². The summed E-state index contributed by atoms with van der Waals surface area (Å²) in [7, 11) is 0. The minimum Gasteiger partial charge on any atom is -0.487 e. The second-order valence-corrected chi connectivity index (χ2v) is 8.40. The van der Waals surface area contributed by atoms with Crippen LogP contribution < -0.4 is 19.5 Å². The third-order valence-electron chi connectivity index (χ3n) is 4.27. The lowest BCUT2D eigenvalue weighted by atomic mass is 10.2. The number of nitrogens with one attached hydrogen (secondary N) is 1. The van der Waals surface area contributed by atoms with E-state index in [4.69, 9.17) is 14.2 Å². The molecule has 0 aliphatic carbocycles. The number of hydrogen-bond acceptors (Lipinski definition) is 6. The maximum Gasteiger partial charge on any atom is 0.248 e. The topological polar surface area (TPSA) is 69.7 Å². The Labute approximate surface area is 186 Å². The molecule has 0 saturated heterocycles. The lowest BCUT2D eigenvalue weighted by molar-refractivity contribution is -0.111. The van der Waals surface area contributed by atoms with Crippen molar-refractivity contribution in [3.8, 4) is 17.2 Å². The second kappa shape index (κ2) is 9.32. The summed E-state index contributed by atoms with van der Waals surface area (Å²) < 4.78 is 17.7. The molecule has 3 aromatic rings. The number of carbonyl (C=O) groups excluding carboxylic acids is 1. The Morgan fingerprint density at radius 2 is 2.03 bits per heavy atom. The van der Waals surface area contributed by atoms with E-state index in [9.17, 15) is 4.79 Å². The number of aromatic nitrogens is 1. The first kappa shape index (κ1) is 20.4. The fraction of sp³-hybridized carbons (Fsp3) is 0.182. The van der Waals surface area contributed by atoms with Gasteiger partial charge in [0.05, 0.1) is 16.4 Å². The van der Waals surface area contributed by atoms with Crippen LogP contribution in [0.25, 0.3) is 6.08 Å². The Kier molecular flexibility index (Phi) is 6.35. The molecule has 0 radical (unpaired) electrons. The summed E-state index contributed by atoms with van der Waals surface area (Å²) in [5, 5.41) is 5.84. The van der Waals surface area contributed by atoms with E-state index in [0.29, 0.717) is 42.8 Å². The predicted molar refractivity (Wildman–Crippen MR) is 120 cm³/mol. The molecule has 0 unspecified atom stereocenters. The highest BCUT2D eigenvalue weighted by atomic mass is 79.9. The molecule has 1 amide bonds. The minimum atomic E-state index is -0.266. The summed E-state index contributed by atoms with van der Waals surface area (Å²) in [6.45, 7) is 3.34. The molecular formula is C22H19BrN2O4S. The van der Waals surface area contributed by atoms with Gasteiger partial charge in [0.2, 0.25) is 5.91 Å². The van der Waals surface area contributed by atoms with Crippen LogP contribution in [0.2, 0.25) is 0 Å². The molecule has 2 heterocycles. The summed E-state index contributed by atoms with van der Waals surface area (Å²) in [6.07, 6.45) is 3.20. The fourth-order valence-corrected chi connectivity index (χ4v) is 3.89. The Hall–Kier alpha value is -2.84. The van der Waals surface area contributed by atoms with E-state index in [1.807, 2.05) is 36.6 Å². The van der Waals surface area contributed by atoms with Gasteiger partial charge in [-0.2, -0.15) is 0 Å². The predicted octanol–water partition coefficient (Wildman–Crippen LogP) is 5.22. The zero-order chi connectivity index (χ0) is 20.9. The van der Waals surface area contributed by atoms with Gasteiger partial charge in [0.25, 0.3) is 0 Å². The molecule has 154 valence electrons. The molecule has 0 saturated carbocycles. The lowest BCUT2D eigenvalue weighted by Crippen LogP contribution is -2.16. The molecule has 4 rings (SSSR count). The highest BCUT2D eigenvalue weighted by molar-refractivity contribution is 9.10. The molecule has 6 nitrogen and oxygen atoms in total. The number of benzene rings is 2. The molecule has 30 heavy (non-hydrogen) atoms. The summed E-state index contributed by atoms with van der Waals surface area (Å²) in [5.41, 5.74) is 2.30. The van der Waals surface area contributed by atoms with Crippen molar-refractivity contribution in [1.29, 1.82) is 0 Å². The smallest absolute Gasteiger partial charge is 0.248 e. The summed E-state index contributed by atoms with van der Waals surface area (Å²) in [6, 6.07) is 11.1. The number of thiazole rings is 1. The molecule has 0 fully saturated rings. The van der Waals surface area contributed by atoms with Crippen LogP contribution >= 0.6 is 27.3 Å². The van der Waals surface area contributed by atoms with Gasteiger partial charge < -0.3 is 19.5 Å². The van der Waals surface area contributed by atoms with Crippen LogP contribution in [0.5, 0.6) is 17.2 Å². The van der Waals surface area contributed by atoms with Gasteiger partial charge in [0, 0.05) is 33.6 Å². The lowest BCUT2D eigenvalue weighted by Gasteiger charge is -2.19. The molecule has 0 bridgehead atoms.